The highest BCUT2D eigenvalue weighted by Crippen LogP contribution is 2.33. The van der Waals surface area contributed by atoms with Crippen LogP contribution in [0.15, 0.2) is 59.5 Å². The number of nitrogen functional groups attached to an aromatic ring is 2. The molecule has 0 aliphatic carbocycles. The smallest absolute Gasteiger partial charge is 0.255 e. The Morgan fingerprint density at radius 3 is 2.61 bits per heavy atom. The highest BCUT2D eigenvalue weighted by molar-refractivity contribution is 5.84. The van der Waals surface area contributed by atoms with E-state index in [1.807, 2.05) is 43.3 Å². The van der Waals surface area contributed by atoms with E-state index in [1.165, 1.54) is 16.5 Å². The predicted octanol–water partition coefficient (Wildman–Crippen LogP) is 3.10. The third kappa shape index (κ3) is 3.62. The maximum Gasteiger partial charge on any atom is 0.255 e. The van der Waals surface area contributed by atoms with Crippen molar-refractivity contribution in [3.05, 3.63) is 82.0 Å². The first-order valence-corrected chi connectivity index (χ1v) is 9.39. The van der Waals surface area contributed by atoms with Crippen LogP contribution in [0.3, 0.4) is 0 Å². The Morgan fingerprint density at radius 1 is 1.16 bits per heavy atom. The van der Waals surface area contributed by atoms with E-state index >= 15 is 0 Å². The number of pyridine rings is 2. The minimum Gasteiger partial charge on any atom is -0.382 e. The monoisotopic (exact) mass is 415 g/mol. The first kappa shape index (κ1) is 19.8. The van der Waals surface area contributed by atoms with E-state index < -0.39 is 11.9 Å². The molecule has 154 valence electrons. The van der Waals surface area contributed by atoms with Crippen LogP contribution in [-0.2, 0) is 0 Å². The van der Waals surface area contributed by atoms with Gasteiger partial charge in [-0.25, -0.2) is 4.39 Å². The van der Waals surface area contributed by atoms with Crippen molar-refractivity contribution in [1.29, 1.82) is 5.26 Å². The van der Waals surface area contributed by atoms with Gasteiger partial charge in [-0.3, -0.25) is 9.20 Å². The fraction of sp³-hybridized carbons (Fsp3) is 0.0909. The summed E-state index contributed by atoms with van der Waals surface area (Å²) in [5.41, 5.74) is 13.9. The summed E-state index contributed by atoms with van der Waals surface area (Å²) in [6.45, 7) is 1.82. The molecule has 3 aromatic heterocycles. The molecule has 4 rings (SSSR count). The van der Waals surface area contributed by atoms with Gasteiger partial charge in [0, 0.05) is 17.8 Å². The van der Waals surface area contributed by atoms with Gasteiger partial charge in [-0.15, -0.1) is 0 Å². The molecule has 0 aliphatic heterocycles. The van der Waals surface area contributed by atoms with Crippen molar-refractivity contribution in [1.82, 2.24) is 14.4 Å². The van der Waals surface area contributed by atoms with E-state index in [0.29, 0.717) is 11.1 Å². The van der Waals surface area contributed by atoms with E-state index in [0.717, 1.165) is 17.3 Å². The van der Waals surface area contributed by atoms with Crippen LogP contribution in [0.4, 0.5) is 22.0 Å². The molecule has 0 radical (unpaired) electrons. The molecular formula is C22H18FN7O. The molecule has 3 heterocycles. The lowest BCUT2D eigenvalue weighted by atomic mass is 9.95. The number of anilines is 3. The number of hydrogen-bond donors (Lipinski definition) is 3. The van der Waals surface area contributed by atoms with Crippen molar-refractivity contribution < 1.29 is 4.39 Å². The molecule has 5 N–H and O–H groups in total. The Kier molecular flexibility index (Phi) is 4.97. The fourth-order valence-electron chi connectivity index (χ4n) is 3.54. The summed E-state index contributed by atoms with van der Waals surface area (Å²) in [6, 6.07) is 15.2. The summed E-state index contributed by atoms with van der Waals surface area (Å²) >= 11 is 0. The zero-order valence-electron chi connectivity index (χ0n) is 16.5. The number of rotatable bonds is 4. The van der Waals surface area contributed by atoms with Gasteiger partial charge in [-0.1, -0.05) is 30.3 Å². The zero-order valence-corrected chi connectivity index (χ0v) is 16.5. The van der Waals surface area contributed by atoms with Crippen LogP contribution in [0, 0.1) is 17.1 Å². The Morgan fingerprint density at radius 2 is 1.90 bits per heavy atom. The van der Waals surface area contributed by atoms with Crippen LogP contribution in [0.5, 0.6) is 0 Å². The normalized spacial score (nSPS) is 11.8. The van der Waals surface area contributed by atoms with E-state index in [2.05, 4.69) is 15.3 Å². The first-order valence-electron chi connectivity index (χ1n) is 9.39. The lowest BCUT2D eigenvalue weighted by Crippen LogP contribution is -2.20. The summed E-state index contributed by atoms with van der Waals surface area (Å²) in [4.78, 5) is 20.7. The van der Waals surface area contributed by atoms with Gasteiger partial charge in [0.05, 0.1) is 11.6 Å². The van der Waals surface area contributed by atoms with Crippen molar-refractivity contribution in [2.24, 2.45) is 0 Å². The van der Waals surface area contributed by atoms with Gasteiger partial charge in [-0.05, 0) is 30.2 Å². The molecule has 9 heteroatoms. The molecule has 8 nitrogen and oxygen atoms in total. The quantitative estimate of drug-likeness (QED) is 0.466. The summed E-state index contributed by atoms with van der Waals surface area (Å²) in [7, 11) is 0. The van der Waals surface area contributed by atoms with Crippen LogP contribution in [0.2, 0.25) is 0 Å². The summed E-state index contributed by atoms with van der Waals surface area (Å²) < 4.78 is 15.1. The predicted molar refractivity (Wildman–Crippen MR) is 117 cm³/mol. The van der Waals surface area contributed by atoms with Gasteiger partial charge in [0.15, 0.2) is 5.82 Å². The number of nitrogens with zero attached hydrogens (tertiary/aromatic N) is 4. The van der Waals surface area contributed by atoms with E-state index in [9.17, 15) is 14.4 Å². The Hall–Kier alpha value is -4.45. The van der Waals surface area contributed by atoms with Gasteiger partial charge < -0.3 is 16.8 Å². The van der Waals surface area contributed by atoms with Crippen LogP contribution >= 0.6 is 0 Å². The second-order valence-corrected chi connectivity index (χ2v) is 6.95. The highest BCUT2D eigenvalue weighted by atomic mass is 19.1. The molecule has 0 unspecified atom stereocenters. The van der Waals surface area contributed by atoms with Crippen molar-refractivity contribution in [2.75, 3.05) is 16.8 Å². The lowest BCUT2D eigenvalue weighted by Gasteiger charge is -2.21. The number of hydrogen-bond acceptors (Lipinski definition) is 7. The largest absolute Gasteiger partial charge is 0.382 e. The van der Waals surface area contributed by atoms with Crippen LogP contribution in [-0.4, -0.2) is 14.4 Å². The van der Waals surface area contributed by atoms with Gasteiger partial charge in [-0.2, -0.15) is 15.2 Å². The van der Waals surface area contributed by atoms with Crippen LogP contribution < -0.4 is 22.3 Å². The van der Waals surface area contributed by atoms with Gasteiger partial charge in [0.2, 0.25) is 5.95 Å². The Labute approximate surface area is 176 Å². The Bertz CT molecular complexity index is 1390. The molecular weight excluding hydrogens is 397 g/mol. The topological polar surface area (TPSA) is 135 Å². The third-order valence-corrected chi connectivity index (χ3v) is 4.92. The maximum atomic E-state index is 13.8. The summed E-state index contributed by atoms with van der Waals surface area (Å²) in [5.74, 6) is -0.470. The molecule has 0 saturated carbocycles. The summed E-state index contributed by atoms with van der Waals surface area (Å²) in [5, 5.41) is 12.6. The van der Waals surface area contributed by atoms with Gasteiger partial charge in [0.1, 0.15) is 23.3 Å². The van der Waals surface area contributed by atoms with E-state index in [4.69, 9.17) is 11.5 Å². The number of fused-ring (bicyclic) bond motifs is 1. The van der Waals surface area contributed by atoms with Crippen molar-refractivity contribution in [2.45, 2.75) is 13.0 Å². The van der Waals surface area contributed by atoms with Gasteiger partial charge >= 0.3 is 0 Å². The molecule has 0 saturated heterocycles. The molecule has 0 bridgehead atoms. The minimum absolute atomic E-state index is 0.0398. The second-order valence-electron chi connectivity index (χ2n) is 6.95. The SMILES string of the molecule is C[C@H](Nc1nc(N)nc(N)c1C#N)c1cc(=O)n2cc(F)ccc2c1-c1ccccc1. The third-order valence-electron chi connectivity index (χ3n) is 4.92. The number of aromatic nitrogens is 3. The van der Waals surface area contributed by atoms with Crippen LogP contribution in [0.25, 0.3) is 16.6 Å². The van der Waals surface area contributed by atoms with E-state index in [1.54, 1.807) is 6.07 Å². The molecule has 4 aromatic rings. The van der Waals surface area contributed by atoms with Crippen molar-refractivity contribution in [3.8, 4) is 17.2 Å². The lowest BCUT2D eigenvalue weighted by molar-refractivity contribution is 0.618. The number of nitrogens with two attached hydrogens (primary N) is 2. The minimum atomic E-state index is -0.516. The average Bonchev–Trinajstić information content (AvgIpc) is 2.74. The first-order chi connectivity index (χ1) is 14.9. The summed E-state index contributed by atoms with van der Waals surface area (Å²) in [6.07, 6.45) is 1.16. The Balaban J connectivity index is 1.93. The number of halogens is 1. The van der Waals surface area contributed by atoms with Gasteiger partial charge in [0.25, 0.3) is 5.56 Å². The highest BCUT2D eigenvalue weighted by Gasteiger charge is 2.20. The fourth-order valence-corrected chi connectivity index (χ4v) is 3.54. The molecule has 0 fully saturated rings. The molecule has 0 aliphatic rings. The number of nitrogens with one attached hydrogen (secondary N) is 1. The number of nitriles is 1. The van der Waals surface area contributed by atoms with Crippen molar-refractivity contribution in [3.63, 3.8) is 0 Å². The molecule has 1 aromatic carbocycles. The number of benzene rings is 1. The van der Waals surface area contributed by atoms with E-state index in [-0.39, 0.29) is 28.7 Å². The molecule has 0 amide bonds. The zero-order chi connectivity index (χ0) is 22.1. The maximum absolute atomic E-state index is 13.8. The molecule has 31 heavy (non-hydrogen) atoms. The van der Waals surface area contributed by atoms with Crippen molar-refractivity contribution >= 4 is 23.1 Å². The van der Waals surface area contributed by atoms with Crippen LogP contribution in [0.1, 0.15) is 24.1 Å². The second kappa shape index (κ2) is 7.76. The average molecular weight is 415 g/mol. The molecule has 0 spiro atoms. The standard InChI is InChI=1S/C22H18FN7O/c1-12(27-21-16(10-24)20(25)28-22(26)29-21)15-9-18(31)30-11-14(23)7-8-17(30)19(15)13-5-3-2-4-6-13/h2-9,11-12H,1H3,(H5,25,26,27,28,29)/t12-/m0/s1. The molecule has 1 atom stereocenters.